The number of ether oxygens (including phenoxy) is 1. The molecule has 32 heavy (non-hydrogen) atoms. The Morgan fingerprint density at radius 3 is 2.59 bits per heavy atom. The van der Waals surface area contributed by atoms with Gasteiger partial charge in [0.05, 0.1) is 11.9 Å². The topological polar surface area (TPSA) is 73.5 Å². The van der Waals surface area contributed by atoms with Gasteiger partial charge in [-0.25, -0.2) is 4.79 Å². The van der Waals surface area contributed by atoms with Gasteiger partial charge in [0, 0.05) is 60.2 Å². The second-order valence-electron chi connectivity index (χ2n) is 7.58. The van der Waals surface area contributed by atoms with Gasteiger partial charge in [0.25, 0.3) is 0 Å². The van der Waals surface area contributed by atoms with Crippen LogP contribution in [0.15, 0.2) is 73.2 Å². The first kappa shape index (κ1) is 20.2. The zero-order valence-electron chi connectivity index (χ0n) is 17.3. The maximum Gasteiger partial charge on any atom is 0.322 e. The Balaban J connectivity index is 1.17. The third kappa shape index (κ3) is 4.33. The third-order valence-corrected chi connectivity index (χ3v) is 5.76. The fourth-order valence-corrected chi connectivity index (χ4v) is 4.00. The quantitative estimate of drug-likeness (QED) is 0.441. The molecule has 0 radical (unpaired) electrons. The molecule has 0 atom stereocenters. The van der Waals surface area contributed by atoms with E-state index < -0.39 is 0 Å². The SMILES string of the molecule is O=C(Nc1c[nH]c2ccc(Cl)cc12)N1CCN(c2ccc(Oc3cccnc3)cc2)CC1. The summed E-state index contributed by atoms with van der Waals surface area (Å²) in [7, 11) is 0. The lowest BCUT2D eigenvalue weighted by atomic mass is 10.2. The van der Waals surface area contributed by atoms with Crippen LogP contribution in [0, 0.1) is 0 Å². The molecule has 0 spiro atoms. The van der Waals surface area contributed by atoms with Crippen molar-refractivity contribution in [3.05, 3.63) is 78.2 Å². The summed E-state index contributed by atoms with van der Waals surface area (Å²) >= 11 is 6.10. The van der Waals surface area contributed by atoms with E-state index in [-0.39, 0.29) is 6.03 Å². The Kier molecular flexibility index (Phi) is 5.56. The van der Waals surface area contributed by atoms with Crippen molar-refractivity contribution in [1.82, 2.24) is 14.9 Å². The van der Waals surface area contributed by atoms with Crippen LogP contribution in [0.25, 0.3) is 10.9 Å². The number of carbonyl (C=O) groups is 1. The molecule has 2 amide bonds. The van der Waals surface area contributed by atoms with Crippen molar-refractivity contribution in [3.8, 4) is 11.5 Å². The standard InChI is InChI=1S/C24H22ClN5O2/c25-17-3-8-22-21(14-17)23(16-27-22)28-24(31)30-12-10-29(11-13-30)18-4-6-19(7-5-18)32-20-2-1-9-26-15-20/h1-9,14-16,27H,10-13H2,(H,28,31). The van der Waals surface area contributed by atoms with Crippen LogP contribution in [0.2, 0.25) is 5.02 Å². The molecule has 7 nitrogen and oxygen atoms in total. The Morgan fingerprint density at radius 1 is 1.03 bits per heavy atom. The van der Waals surface area contributed by atoms with E-state index in [1.165, 1.54) is 0 Å². The molecule has 3 heterocycles. The van der Waals surface area contributed by atoms with Crippen LogP contribution in [0.5, 0.6) is 11.5 Å². The summed E-state index contributed by atoms with van der Waals surface area (Å²) in [5.74, 6) is 1.47. The Morgan fingerprint density at radius 2 is 1.84 bits per heavy atom. The van der Waals surface area contributed by atoms with Crippen LogP contribution in [-0.2, 0) is 0 Å². The molecular formula is C24H22ClN5O2. The minimum absolute atomic E-state index is 0.106. The highest BCUT2D eigenvalue weighted by atomic mass is 35.5. The van der Waals surface area contributed by atoms with Gasteiger partial charge in [0.1, 0.15) is 11.5 Å². The van der Waals surface area contributed by atoms with Gasteiger partial charge in [-0.15, -0.1) is 0 Å². The largest absolute Gasteiger partial charge is 0.456 e. The van der Waals surface area contributed by atoms with Gasteiger partial charge >= 0.3 is 6.03 Å². The molecule has 1 fully saturated rings. The van der Waals surface area contributed by atoms with Crippen molar-refractivity contribution in [3.63, 3.8) is 0 Å². The Bertz CT molecular complexity index is 1220. The van der Waals surface area contributed by atoms with Gasteiger partial charge in [-0.05, 0) is 54.6 Å². The summed E-state index contributed by atoms with van der Waals surface area (Å²) in [5.41, 5.74) is 2.78. The number of rotatable bonds is 4. The van der Waals surface area contributed by atoms with Crippen LogP contribution in [0.3, 0.4) is 0 Å². The number of nitrogens with one attached hydrogen (secondary N) is 2. The molecule has 1 aliphatic heterocycles. The van der Waals surface area contributed by atoms with E-state index in [2.05, 4.69) is 20.2 Å². The van der Waals surface area contributed by atoms with E-state index in [4.69, 9.17) is 16.3 Å². The van der Waals surface area contributed by atoms with E-state index in [1.54, 1.807) is 18.6 Å². The summed E-state index contributed by atoms with van der Waals surface area (Å²) in [6.07, 6.45) is 5.19. The van der Waals surface area contributed by atoms with Crippen molar-refractivity contribution in [2.24, 2.45) is 0 Å². The van der Waals surface area contributed by atoms with Gasteiger partial charge in [0.2, 0.25) is 0 Å². The molecule has 4 aromatic rings. The molecule has 1 aliphatic rings. The predicted octanol–water partition coefficient (Wildman–Crippen LogP) is 5.36. The van der Waals surface area contributed by atoms with Gasteiger partial charge in [0.15, 0.2) is 0 Å². The Labute approximate surface area is 190 Å². The number of nitrogens with zero attached hydrogens (tertiary/aromatic N) is 3. The first-order valence-corrected chi connectivity index (χ1v) is 10.8. The number of hydrogen-bond acceptors (Lipinski definition) is 4. The van der Waals surface area contributed by atoms with E-state index in [1.807, 2.05) is 59.5 Å². The van der Waals surface area contributed by atoms with Crippen molar-refractivity contribution in [2.75, 3.05) is 36.4 Å². The van der Waals surface area contributed by atoms with Gasteiger partial charge in [-0.3, -0.25) is 4.98 Å². The molecule has 0 aliphatic carbocycles. The normalized spacial score (nSPS) is 13.9. The van der Waals surface area contributed by atoms with Gasteiger partial charge in [-0.2, -0.15) is 0 Å². The van der Waals surface area contributed by atoms with E-state index in [0.29, 0.717) is 23.9 Å². The minimum Gasteiger partial charge on any atom is -0.456 e. The minimum atomic E-state index is -0.106. The number of benzene rings is 2. The second-order valence-corrected chi connectivity index (χ2v) is 8.02. The number of aromatic nitrogens is 2. The summed E-state index contributed by atoms with van der Waals surface area (Å²) in [6.45, 7) is 2.80. The fraction of sp³-hybridized carbons (Fsp3) is 0.167. The van der Waals surface area contributed by atoms with Crippen molar-refractivity contribution >= 4 is 39.9 Å². The molecule has 162 valence electrons. The average molecular weight is 448 g/mol. The Hall–Kier alpha value is -3.71. The van der Waals surface area contributed by atoms with E-state index >= 15 is 0 Å². The smallest absolute Gasteiger partial charge is 0.322 e. The third-order valence-electron chi connectivity index (χ3n) is 5.52. The number of halogens is 1. The summed E-state index contributed by atoms with van der Waals surface area (Å²) in [6, 6.07) is 17.2. The van der Waals surface area contributed by atoms with E-state index in [0.717, 1.165) is 41.1 Å². The second kappa shape index (κ2) is 8.80. The highest BCUT2D eigenvalue weighted by Crippen LogP contribution is 2.27. The number of amides is 2. The number of H-pyrrole nitrogens is 1. The number of aromatic amines is 1. The molecule has 0 unspecified atom stereocenters. The van der Waals surface area contributed by atoms with Crippen molar-refractivity contribution in [2.45, 2.75) is 0 Å². The van der Waals surface area contributed by atoms with Crippen LogP contribution in [0.4, 0.5) is 16.2 Å². The molecule has 1 saturated heterocycles. The lowest BCUT2D eigenvalue weighted by Gasteiger charge is -2.36. The first-order chi connectivity index (χ1) is 15.7. The van der Waals surface area contributed by atoms with Gasteiger partial charge < -0.3 is 24.8 Å². The zero-order chi connectivity index (χ0) is 21.9. The number of anilines is 2. The number of carbonyl (C=O) groups excluding carboxylic acids is 1. The lowest BCUT2D eigenvalue weighted by Crippen LogP contribution is -2.50. The van der Waals surface area contributed by atoms with Crippen LogP contribution in [-0.4, -0.2) is 47.1 Å². The fourth-order valence-electron chi connectivity index (χ4n) is 3.83. The summed E-state index contributed by atoms with van der Waals surface area (Å²) < 4.78 is 5.80. The van der Waals surface area contributed by atoms with Gasteiger partial charge in [-0.1, -0.05) is 11.6 Å². The molecule has 8 heteroatoms. The highest BCUT2D eigenvalue weighted by Gasteiger charge is 2.22. The van der Waals surface area contributed by atoms with E-state index in [9.17, 15) is 4.79 Å². The van der Waals surface area contributed by atoms with Crippen molar-refractivity contribution < 1.29 is 9.53 Å². The molecule has 0 saturated carbocycles. The monoisotopic (exact) mass is 447 g/mol. The first-order valence-electron chi connectivity index (χ1n) is 10.4. The number of fused-ring (bicyclic) bond motifs is 1. The number of hydrogen-bond donors (Lipinski definition) is 2. The molecule has 2 N–H and O–H groups in total. The summed E-state index contributed by atoms with van der Waals surface area (Å²) in [5, 5.41) is 4.54. The van der Waals surface area contributed by atoms with Crippen molar-refractivity contribution in [1.29, 1.82) is 0 Å². The highest BCUT2D eigenvalue weighted by molar-refractivity contribution is 6.31. The maximum absolute atomic E-state index is 12.8. The average Bonchev–Trinajstić information content (AvgIpc) is 3.22. The molecule has 5 rings (SSSR count). The number of piperazine rings is 1. The number of pyridine rings is 1. The van der Waals surface area contributed by atoms with Crippen LogP contribution >= 0.6 is 11.6 Å². The maximum atomic E-state index is 12.8. The van der Waals surface area contributed by atoms with Crippen LogP contribution < -0.4 is 15.0 Å². The predicted molar refractivity (Wildman–Crippen MR) is 127 cm³/mol. The molecule has 2 aromatic carbocycles. The lowest BCUT2D eigenvalue weighted by molar-refractivity contribution is 0.208. The summed E-state index contributed by atoms with van der Waals surface area (Å²) in [4.78, 5) is 24.1. The van der Waals surface area contributed by atoms with Crippen LogP contribution in [0.1, 0.15) is 0 Å². The number of urea groups is 1. The molecule has 2 aromatic heterocycles. The zero-order valence-corrected chi connectivity index (χ0v) is 18.0. The molecular weight excluding hydrogens is 426 g/mol. The molecule has 0 bridgehead atoms.